The van der Waals surface area contributed by atoms with E-state index in [9.17, 15) is 0 Å². The second kappa shape index (κ2) is 4.59. The van der Waals surface area contributed by atoms with Crippen LogP contribution < -0.4 is 5.32 Å². The molecule has 0 unspecified atom stereocenters. The number of hydrogen-bond acceptors (Lipinski definition) is 2. The standard InChI is InChI=1S/C17H27N3/c1-12(2)20-4-3-16(19-20)11-18-17-8-13-5-14(9-17)7-15(6-13)10-17/h3-4,12-15,18H,5-11H2,1-2H3. The zero-order chi connectivity index (χ0) is 13.7. The molecule has 4 bridgehead atoms. The predicted molar refractivity (Wildman–Crippen MR) is 80.4 cm³/mol. The molecule has 20 heavy (non-hydrogen) atoms. The molecule has 1 aromatic heterocycles. The number of nitrogens with zero attached hydrogens (tertiary/aromatic N) is 2. The Morgan fingerprint density at radius 2 is 1.80 bits per heavy atom. The van der Waals surface area contributed by atoms with Gasteiger partial charge in [0.15, 0.2) is 0 Å². The quantitative estimate of drug-likeness (QED) is 0.909. The van der Waals surface area contributed by atoms with Crippen molar-refractivity contribution in [3.63, 3.8) is 0 Å². The van der Waals surface area contributed by atoms with Crippen molar-refractivity contribution in [3.05, 3.63) is 18.0 Å². The van der Waals surface area contributed by atoms with Gasteiger partial charge in [-0.3, -0.25) is 4.68 Å². The maximum Gasteiger partial charge on any atom is 0.0762 e. The van der Waals surface area contributed by atoms with E-state index in [2.05, 4.69) is 41.2 Å². The molecule has 4 fully saturated rings. The molecule has 4 saturated carbocycles. The molecular formula is C17H27N3. The molecule has 0 amide bonds. The topological polar surface area (TPSA) is 29.9 Å². The number of nitrogens with one attached hydrogen (secondary N) is 1. The van der Waals surface area contributed by atoms with Gasteiger partial charge in [-0.15, -0.1) is 0 Å². The van der Waals surface area contributed by atoms with Crippen LogP contribution in [0.5, 0.6) is 0 Å². The molecule has 110 valence electrons. The summed E-state index contributed by atoms with van der Waals surface area (Å²) in [5.74, 6) is 3.05. The summed E-state index contributed by atoms with van der Waals surface area (Å²) in [5.41, 5.74) is 1.66. The molecule has 0 aliphatic heterocycles. The van der Waals surface area contributed by atoms with E-state index in [0.717, 1.165) is 24.3 Å². The van der Waals surface area contributed by atoms with Gasteiger partial charge in [0, 0.05) is 24.3 Å². The lowest BCUT2D eigenvalue weighted by Crippen LogP contribution is -2.58. The molecule has 3 heteroatoms. The van der Waals surface area contributed by atoms with Crippen molar-refractivity contribution in [2.24, 2.45) is 17.8 Å². The monoisotopic (exact) mass is 273 g/mol. The minimum absolute atomic E-state index is 0.455. The van der Waals surface area contributed by atoms with E-state index in [1.165, 1.54) is 44.2 Å². The minimum atomic E-state index is 0.455. The summed E-state index contributed by atoms with van der Waals surface area (Å²) in [6.07, 6.45) is 10.9. The van der Waals surface area contributed by atoms with Crippen LogP contribution in [0, 0.1) is 17.8 Å². The first-order valence-corrected chi connectivity index (χ1v) is 8.41. The third kappa shape index (κ3) is 2.20. The number of rotatable bonds is 4. The maximum atomic E-state index is 4.68. The van der Waals surface area contributed by atoms with Gasteiger partial charge < -0.3 is 5.32 Å². The fourth-order valence-corrected chi connectivity index (χ4v) is 5.36. The molecule has 0 radical (unpaired) electrons. The van der Waals surface area contributed by atoms with E-state index < -0.39 is 0 Å². The van der Waals surface area contributed by atoms with Gasteiger partial charge in [-0.05, 0) is 76.2 Å². The fraction of sp³-hybridized carbons (Fsp3) is 0.824. The van der Waals surface area contributed by atoms with Crippen LogP contribution in [0.15, 0.2) is 12.3 Å². The predicted octanol–water partition coefficient (Wildman–Crippen LogP) is 3.52. The maximum absolute atomic E-state index is 4.68. The van der Waals surface area contributed by atoms with Gasteiger partial charge in [0.1, 0.15) is 0 Å². The van der Waals surface area contributed by atoms with Crippen molar-refractivity contribution in [2.45, 2.75) is 70.5 Å². The molecule has 0 spiro atoms. The van der Waals surface area contributed by atoms with E-state index in [4.69, 9.17) is 0 Å². The molecule has 3 nitrogen and oxygen atoms in total. The summed E-state index contributed by atoms with van der Waals surface area (Å²) in [5, 5.41) is 8.60. The molecule has 0 atom stereocenters. The molecule has 5 rings (SSSR count). The molecule has 1 N–H and O–H groups in total. The summed E-state index contributed by atoms with van der Waals surface area (Å²) in [7, 11) is 0. The van der Waals surface area contributed by atoms with Crippen LogP contribution in [0.1, 0.15) is 64.1 Å². The van der Waals surface area contributed by atoms with Crippen molar-refractivity contribution in [1.29, 1.82) is 0 Å². The van der Waals surface area contributed by atoms with Gasteiger partial charge in [-0.25, -0.2) is 0 Å². The fourth-order valence-electron chi connectivity index (χ4n) is 5.36. The van der Waals surface area contributed by atoms with Crippen LogP contribution in [0.25, 0.3) is 0 Å². The van der Waals surface area contributed by atoms with Crippen LogP contribution in [-0.4, -0.2) is 15.3 Å². The van der Waals surface area contributed by atoms with Gasteiger partial charge in [0.05, 0.1) is 5.69 Å². The Balaban J connectivity index is 1.43. The van der Waals surface area contributed by atoms with Crippen LogP contribution in [-0.2, 0) is 6.54 Å². The zero-order valence-electron chi connectivity index (χ0n) is 12.8. The average Bonchev–Trinajstić information content (AvgIpc) is 2.84. The van der Waals surface area contributed by atoms with Crippen molar-refractivity contribution in [1.82, 2.24) is 15.1 Å². The van der Waals surface area contributed by atoms with Gasteiger partial charge in [-0.1, -0.05) is 0 Å². The van der Waals surface area contributed by atoms with Crippen molar-refractivity contribution < 1.29 is 0 Å². The molecule has 1 heterocycles. The Hall–Kier alpha value is -0.830. The average molecular weight is 273 g/mol. The molecule has 4 aliphatic carbocycles. The second-order valence-corrected chi connectivity index (χ2v) is 7.93. The summed E-state index contributed by atoms with van der Waals surface area (Å²) in [6, 6.07) is 2.64. The van der Waals surface area contributed by atoms with Crippen LogP contribution in [0.3, 0.4) is 0 Å². The van der Waals surface area contributed by atoms with Crippen LogP contribution >= 0.6 is 0 Å². The van der Waals surface area contributed by atoms with Gasteiger partial charge in [0.2, 0.25) is 0 Å². The number of aromatic nitrogens is 2. The number of hydrogen-bond donors (Lipinski definition) is 1. The summed E-state index contributed by atoms with van der Waals surface area (Å²) >= 11 is 0. The summed E-state index contributed by atoms with van der Waals surface area (Å²) in [4.78, 5) is 0. The van der Waals surface area contributed by atoms with Crippen LogP contribution in [0.4, 0.5) is 0 Å². The highest BCUT2D eigenvalue weighted by molar-refractivity contribution is 5.08. The first-order chi connectivity index (χ1) is 9.62. The lowest BCUT2D eigenvalue weighted by atomic mass is 9.53. The molecular weight excluding hydrogens is 246 g/mol. The van der Waals surface area contributed by atoms with Gasteiger partial charge in [0.25, 0.3) is 0 Å². The summed E-state index contributed by atoms with van der Waals surface area (Å²) < 4.78 is 2.07. The SMILES string of the molecule is CC(C)n1ccc(CNC23CC4CC(CC(C4)C2)C3)n1. The molecule has 0 aromatic carbocycles. The van der Waals surface area contributed by atoms with E-state index >= 15 is 0 Å². The highest BCUT2D eigenvalue weighted by Gasteiger charge is 2.50. The third-order valence-electron chi connectivity index (χ3n) is 5.88. The molecule has 4 aliphatic rings. The molecule has 1 aromatic rings. The summed E-state index contributed by atoms with van der Waals surface area (Å²) in [6.45, 7) is 5.32. The third-order valence-corrected chi connectivity index (χ3v) is 5.88. The van der Waals surface area contributed by atoms with Crippen molar-refractivity contribution in [3.8, 4) is 0 Å². The Morgan fingerprint density at radius 1 is 1.20 bits per heavy atom. The second-order valence-electron chi connectivity index (χ2n) is 7.93. The Labute approximate surface area is 122 Å². The van der Waals surface area contributed by atoms with E-state index in [1.807, 2.05) is 0 Å². The van der Waals surface area contributed by atoms with Gasteiger partial charge >= 0.3 is 0 Å². The minimum Gasteiger partial charge on any atom is -0.306 e. The van der Waals surface area contributed by atoms with Crippen molar-refractivity contribution in [2.75, 3.05) is 0 Å². The Kier molecular flexibility index (Phi) is 2.95. The van der Waals surface area contributed by atoms with Crippen LogP contribution in [0.2, 0.25) is 0 Å². The largest absolute Gasteiger partial charge is 0.306 e. The lowest BCUT2D eigenvalue weighted by molar-refractivity contribution is -0.0207. The van der Waals surface area contributed by atoms with Crippen molar-refractivity contribution >= 4 is 0 Å². The van der Waals surface area contributed by atoms with E-state index in [1.54, 1.807) is 0 Å². The molecule has 0 saturated heterocycles. The Morgan fingerprint density at radius 3 is 2.30 bits per heavy atom. The smallest absolute Gasteiger partial charge is 0.0762 e. The Bertz CT molecular complexity index is 453. The zero-order valence-corrected chi connectivity index (χ0v) is 12.8. The van der Waals surface area contributed by atoms with Gasteiger partial charge in [-0.2, -0.15) is 5.10 Å². The van der Waals surface area contributed by atoms with E-state index in [-0.39, 0.29) is 0 Å². The normalized spacial score (nSPS) is 38.9. The highest BCUT2D eigenvalue weighted by Crippen LogP contribution is 2.55. The lowest BCUT2D eigenvalue weighted by Gasteiger charge is -2.57. The van der Waals surface area contributed by atoms with E-state index in [0.29, 0.717) is 11.6 Å². The highest BCUT2D eigenvalue weighted by atomic mass is 15.3. The first-order valence-electron chi connectivity index (χ1n) is 8.41. The first kappa shape index (κ1) is 12.9.